The molecule has 1 fully saturated rings. The predicted molar refractivity (Wildman–Crippen MR) is 111 cm³/mol. The van der Waals surface area contributed by atoms with Crippen molar-refractivity contribution in [3.63, 3.8) is 0 Å². The third-order valence-electron chi connectivity index (χ3n) is 5.03. The van der Waals surface area contributed by atoms with Crippen LogP contribution in [0.2, 0.25) is 0 Å². The molecule has 1 atom stereocenters. The highest BCUT2D eigenvalue weighted by Gasteiger charge is 2.49. The van der Waals surface area contributed by atoms with E-state index in [1.165, 1.54) is 4.31 Å². The van der Waals surface area contributed by atoms with Crippen molar-refractivity contribution < 1.29 is 17.2 Å². The van der Waals surface area contributed by atoms with E-state index in [1.54, 1.807) is 12.3 Å². The number of amidine groups is 1. The molecule has 1 saturated heterocycles. The van der Waals surface area contributed by atoms with Crippen molar-refractivity contribution in [2.24, 2.45) is 4.99 Å². The second kappa shape index (κ2) is 6.98. The maximum absolute atomic E-state index is 13.6. The number of aliphatic imine (C=N–C) groups is 1. The quantitative estimate of drug-likeness (QED) is 0.756. The van der Waals surface area contributed by atoms with Gasteiger partial charge in [0.05, 0.1) is 16.1 Å². The summed E-state index contributed by atoms with van der Waals surface area (Å²) in [6.45, 7) is 6.07. The highest BCUT2D eigenvalue weighted by atomic mass is 32.2. The molecule has 10 heteroatoms. The number of fused-ring (bicyclic) bond motifs is 1. The van der Waals surface area contributed by atoms with Gasteiger partial charge in [-0.2, -0.15) is 4.31 Å². The molecule has 0 saturated carbocycles. The average Bonchev–Trinajstić information content (AvgIpc) is 3.06. The lowest BCUT2D eigenvalue weighted by atomic mass is 9.93. The molecule has 1 spiro atoms. The SMILES string of the molecule is CC(C)(C)N=C1Nc2ncccc2NC12CCN(S(=O)(=O)c1cc(F)cc(F)c1)C2. The maximum Gasteiger partial charge on any atom is 0.243 e. The zero-order valence-electron chi connectivity index (χ0n) is 16.9. The molecule has 1 aromatic heterocycles. The van der Waals surface area contributed by atoms with Gasteiger partial charge >= 0.3 is 0 Å². The lowest BCUT2D eigenvalue weighted by Crippen LogP contribution is -2.55. The number of anilines is 2. The molecule has 7 nitrogen and oxygen atoms in total. The Hall–Kier alpha value is -2.59. The van der Waals surface area contributed by atoms with Crippen LogP contribution in [-0.4, -0.2) is 47.7 Å². The maximum atomic E-state index is 13.6. The molecule has 2 N–H and O–H groups in total. The number of hydrogen-bond donors (Lipinski definition) is 2. The highest BCUT2D eigenvalue weighted by Crippen LogP contribution is 2.38. The van der Waals surface area contributed by atoms with E-state index in [1.807, 2.05) is 26.8 Å². The Morgan fingerprint density at radius 1 is 1.20 bits per heavy atom. The van der Waals surface area contributed by atoms with Crippen molar-refractivity contribution in [1.82, 2.24) is 9.29 Å². The van der Waals surface area contributed by atoms with Gasteiger partial charge < -0.3 is 10.6 Å². The minimum atomic E-state index is -4.09. The zero-order chi connectivity index (χ0) is 21.7. The zero-order valence-corrected chi connectivity index (χ0v) is 17.7. The van der Waals surface area contributed by atoms with E-state index in [4.69, 9.17) is 4.99 Å². The molecule has 0 radical (unpaired) electrons. The monoisotopic (exact) mass is 435 g/mol. The van der Waals surface area contributed by atoms with Crippen LogP contribution in [0.5, 0.6) is 0 Å². The van der Waals surface area contributed by atoms with Gasteiger partial charge in [-0.25, -0.2) is 22.2 Å². The summed E-state index contributed by atoms with van der Waals surface area (Å²) in [5.74, 6) is -0.672. The van der Waals surface area contributed by atoms with Gasteiger partial charge in [-0.15, -0.1) is 0 Å². The summed E-state index contributed by atoms with van der Waals surface area (Å²) >= 11 is 0. The van der Waals surface area contributed by atoms with E-state index >= 15 is 0 Å². The first-order valence-electron chi connectivity index (χ1n) is 9.55. The van der Waals surface area contributed by atoms with Crippen LogP contribution in [0.4, 0.5) is 20.3 Å². The number of aromatic nitrogens is 1. The lowest BCUT2D eigenvalue weighted by molar-refractivity contribution is 0.464. The van der Waals surface area contributed by atoms with E-state index in [0.29, 0.717) is 24.1 Å². The number of nitrogens with one attached hydrogen (secondary N) is 2. The molecule has 160 valence electrons. The Balaban J connectivity index is 1.73. The number of rotatable bonds is 2. The number of sulfonamides is 1. The van der Waals surface area contributed by atoms with Gasteiger partial charge in [0.1, 0.15) is 23.0 Å². The van der Waals surface area contributed by atoms with Gasteiger partial charge in [0.15, 0.2) is 5.82 Å². The third-order valence-corrected chi connectivity index (χ3v) is 6.85. The third kappa shape index (κ3) is 3.77. The first-order valence-corrected chi connectivity index (χ1v) is 11.0. The summed E-state index contributed by atoms with van der Waals surface area (Å²) in [7, 11) is -4.09. The summed E-state index contributed by atoms with van der Waals surface area (Å²) < 4.78 is 54.7. The molecule has 3 heterocycles. The molecular formula is C20H23F2N5O2S. The summed E-state index contributed by atoms with van der Waals surface area (Å²) in [5, 5.41) is 6.66. The molecule has 2 aromatic rings. The second-order valence-corrected chi connectivity index (χ2v) is 10.5. The van der Waals surface area contributed by atoms with Crippen LogP contribution >= 0.6 is 0 Å². The first kappa shape index (κ1) is 20.7. The highest BCUT2D eigenvalue weighted by molar-refractivity contribution is 7.89. The number of benzene rings is 1. The topological polar surface area (TPSA) is 86.7 Å². The number of hydrogen-bond acceptors (Lipinski definition) is 5. The molecule has 0 bridgehead atoms. The minimum Gasteiger partial charge on any atom is -0.369 e. The fourth-order valence-corrected chi connectivity index (χ4v) is 5.27. The molecule has 0 amide bonds. The standard InChI is InChI=1S/C20H23F2N5O2S/c1-19(2,3)26-18-20(25-16-5-4-7-23-17(16)24-18)6-8-27(12-20)30(28,29)15-10-13(21)9-14(22)11-15/h4-5,7,9-11,25H,6,8,12H2,1-3H3,(H,23,24,26). The molecule has 2 aliphatic rings. The molecule has 4 rings (SSSR count). The van der Waals surface area contributed by atoms with Crippen LogP contribution < -0.4 is 10.6 Å². The van der Waals surface area contributed by atoms with Crippen molar-refractivity contribution in [2.75, 3.05) is 23.7 Å². The molecule has 2 aliphatic heterocycles. The van der Waals surface area contributed by atoms with Crippen LogP contribution in [0.3, 0.4) is 0 Å². The first-order chi connectivity index (χ1) is 14.0. The van der Waals surface area contributed by atoms with Gasteiger partial charge in [-0.05, 0) is 51.5 Å². The number of pyridine rings is 1. The number of halogens is 2. The van der Waals surface area contributed by atoms with Crippen LogP contribution in [0.25, 0.3) is 0 Å². The van der Waals surface area contributed by atoms with Gasteiger partial charge in [0, 0.05) is 25.4 Å². The van der Waals surface area contributed by atoms with Crippen molar-refractivity contribution in [2.45, 2.75) is 43.2 Å². The lowest BCUT2D eigenvalue weighted by Gasteiger charge is -2.39. The smallest absolute Gasteiger partial charge is 0.243 e. The Bertz CT molecular complexity index is 1110. The Kier molecular flexibility index (Phi) is 4.81. The van der Waals surface area contributed by atoms with Crippen LogP contribution in [0.1, 0.15) is 27.2 Å². The summed E-state index contributed by atoms with van der Waals surface area (Å²) in [6, 6.07) is 5.95. The molecule has 1 unspecified atom stereocenters. The van der Waals surface area contributed by atoms with E-state index in [9.17, 15) is 17.2 Å². The van der Waals surface area contributed by atoms with Gasteiger partial charge in [-0.3, -0.25) is 4.99 Å². The summed E-state index contributed by atoms with van der Waals surface area (Å²) in [6.07, 6.45) is 2.09. The van der Waals surface area contributed by atoms with Crippen LogP contribution in [-0.2, 0) is 10.0 Å². The van der Waals surface area contributed by atoms with Crippen LogP contribution in [0, 0.1) is 11.6 Å². The van der Waals surface area contributed by atoms with E-state index in [-0.39, 0.29) is 13.1 Å². The van der Waals surface area contributed by atoms with Crippen molar-refractivity contribution in [3.05, 3.63) is 48.2 Å². The average molecular weight is 436 g/mol. The van der Waals surface area contributed by atoms with E-state index < -0.39 is 37.6 Å². The van der Waals surface area contributed by atoms with Crippen molar-refractivity contribution in [3.8, 4) is 0 Å². The molecule has 30 heavy (non-hydrogen) atoms. The fourth-order valence-electron chi connectivity index (χ4n) is 3.73. The normalized spacial score (nSPS) is 23.3. The molecule has 0 aliphatic carbocycles. The molecule has 1 aromatic carbocycles. The number of nitrogens with zero attached hydrogens (tertiary/aromatic N) is 3. The van der Waals surface area contributed by atoms with Crippen molar-refractivity contribution >= 4 is 27.4 Å². The second-order valence-electron chi connectivity index (χ2n) is 8.56. The van der Waals surface area contributed by atoms with Crippen molar-refractivity contribution in [1.29, 1.82) is 0 Å². The largest absolute Gasteiger partial charge is 0.369 e. The van der Waals surface area contributed by atoms with Crippen LogP contribution in [0.15, 0.2) is 46.4 Å². The fraction of sp³-hybridized carbons (Fsp3) is 0.400. The van der Waals surface area contributed by atoms with E-state index in [2.05, 4.69) is 15.6 Å². The van der Waals surface area contributed by atoms with E-state index in [0.717, 1.165) is 17.8 Å². The van der Waals surface area contributed by atoms with Gasteiger partial charge in [0.2, 0.25) is 10.0 Å². The minimum absolute atomic E-state index is 0.0592. The Morgan fingerprint density at radius 3 is 2.57 bits per heavy atom. The molecular weight excluding hydrogens is 412 g/mol. The summed E-state index contributed by atoms with van der Waals surface area (Å²) in [5.41, 5.74) is -0.481. The summed E-state index contributed by atoms with van der Waals surface area (Å²) in [4.78, 5) is 8.70. The van der Waals surface area contributed by atoms with Gasteiger partial charge in [0.25, 0.3) is 0 Å². The Morgan fingerprint density at radius 2 is 1.90 bits per heavy atom. The van der Waals surface area contributed by atoms with Gasteiger partial charge in [-0.1, -0.05) is 0 Å². The predicted octanol–water partition coefficient (Wildman–Crippen LogP) is 3.23. The Labute approximate surface area is 174 Å².